The molecule has 2 N–H and O–H groups in total. The van der Waals surface area contributed by atoms with Crippen LogP contribution in [0.5, 0.6) is 0 Å². The van der Waals surface area contributed by atoms with Gasteiger partial charge in [-0.15, -0.1) is 24.0 Å². The molecule has 0 aromatic rings. The van der Waals surface area contributed by atoms with Gasteiger partial charge in [-0.2, -0.15) is 0 Å². The molecule has 0 aliphatic carbocycles. The van der Waals surface area contributed by atoms with Crippen molar-refractivity contribution in [2.45, 2.75) is 57.9 Å². The molecule has 1 atom stereocenters. The Bertz CT molecular complexity index is 344. The van der Waals surface area contributed by atoms with E-state index < -0.39 is 0 Å². The Morgan fingerprint density at radius 1 is 1.21 bits per heavy atom. The van der Waals surface area contributed by atoms with Crippen LogP contribution in [0.3, 0.4) is 0 Å². The Morgan fingerprint density at radius 2 is 1.88 bits per heavy atom. The summed E-state index contributed by atoms with van der Waals surface area (Å²) in [5, 5.41) is 7.05. The molecule has 0 saturated carbocycles. The maximum atomic E-state index is 5.54. The molecule has 1 saturated heterocycles. The second-order valence-electron chi connectivity index (χ2n) is 6.95. The SMILES string of the molecule is CCCCC(CC)CNC(=NC)NCC1(N(C)C)CCOCC1.I. The average Bonchev–Trinajstić information content (AvgIpc) is 2.58. The summed E-state index contributed by atoms with van der Waals surface area (Å²) in [6.07, 6.45) is 7.25. The number of hydrogen-bond acceptors (Lipinski definition) is 3. The third-order valence-electron chi connectivity index (χ3n) is 5.28. The normalized spacial score (nSPS) is 18.8. The van der Waals surface area contributed by atoms with Crippen molar-refractivity contribution in [3.05, 3.63) is 0 Å². The fourth-order valence-corrected chi connectivity index (χ4v) is 3.19. The molecule has 0 radical (unpaired) electrons. The van der Waals surface area contributed by atoms with Crippen LogP contribution in [0.15, 0.2) is 4.99 Å². The van der Waals surface area contributed by atoms with Crippen molar-refractivity contribution in [1.82, 2.24) is 15.5 Å². The number of nitrogens with zero attached hydrogens (tertiary/aromatic N) is 2. The largest absolute Gasteiger partial charge is 0.381 e. The number of likely N-dealkylation sites (N-methyl/N-ethyl adjacent to an activating group) is 1. The molecule has 0 aromatic carbocycles. The molecular weight excluding hydrogens is 415 g/mol. The van der Waals surface area contributed by atoms with Crippen LogP contribution in [0, 0.1) is 5.92 Å². The molecule has 0 bridgehead atoms. The number of hydrogen-bond donors (Lipinski definition) is 2. The lowest BCUT2D eigenvalue weighted by atomic mass is 9.88. The first-order valence-electron chi connectivity index (χ1n) is 9.27. The maximum absolute atomic E-state index is 5.54. The lowest BCUT2D eigenvalue weighted by molar-refractivity contribution is -0.00501. The molecule has 1 fully saturated rings. The third-order valence-corrected chi connectivity index (χ3v) is 5.28. The molecule has 0 spiro atoms. The average molecular weight is 454 g/mol. The Hall–Kier alpha value is -0.0800. The van der Waals surface area contributed by atoms with Crippen LogP contribution in [-0.2, 0) is 4.74 Å². The van der Waals surface area contributed by atoms with E-state index in [1.165, 1.54) is 25.7 Å². The first kappa shape index (κ1) is 23.9. The van der Waals surface area contributed by atoms with Crippen LogP contribution in [0.2, 0.25) is 0 Å². The van der Waals surface area contributed by atoms with E-state index in [2.05, 4.69) is 48.5 Å². The Balaban J connectivity index is 0.00000529. The van der Waals surface area contributed by atoms with Crippen molar-refractivity contribution in [3.63, 3.8) is 0 Å². The number of rotatable bonds is 9. The van der Waals surface area contributed by atoms with Crippen LogP contribution in [0.4, 0.5) is 0 Å². The van der Waals surface area contributed by atoms with Gasteiger partial charge in [0.25, 0.3) is 0 Å². The summed E-state index contributed by atoms with van der Waals surface area (Å²) in [6.45, 7) is 8.15. The van der Waals surface area contributed by atoms with Crippen molar-refractivity contribution in [1.29, 1.82) is 0 Å². The number of guanidine groups is 1. The third kappa shape index (κ3) is 7.87. The van der Waals surface area contributed by atoms with Gasteiger partial charge in [0.15, 0.2) is 5.96 Å². The zero-order valence-electron chi connectivity index (χ0n) is 16.4. The zero-order valence-corrected chi connectivity index (χ0v) is 18.7. The summed E-state index contributed by atoms with van der Waals surface area (Å²) < 4.78 is 5.54. The van der Waals surface area contributed by atoms with Gasteiger partial charge in [0.05, 0.1) is 0 Å². The van der Waals surface area contributed by atoms with Crippen molar-refractivity contribution in [3.8, 4) is 0 Å². The molecular formula is C18H39IN4O. The van der Waals surface area contributed by atoms with Crippen LogP contribution < -0.4 is 10.6 Å². The van der Waals surface area contributed by atoms with Crippen LogP contribution >= 0.6 is 24.0 Å². The van der Waals surface area contributed by atoms with E-state index in [1.54, 1.807) is 0 Å². The molecule has 1 rings (SSSR count). The monoisotopic (exact) mass is 454 g/mol. The Labute approximate surface area is 166 Å². The van der Waals surface area contributed by atoms with E-state index in [0.29, 0.717) is 0 Å². The first-order valence-corrected chi connectivity index (χ1v) is 9.27. The zero-order chi connectivity index (χ0) is 17.1. The minimum absolute atomic E-state index is 0. The van der Waals surface area contributed by atoms with Crippen molar-refractivity contribution >= 4 is 29.9 Å². The highest BCUT2D eigenvalue weighted by molar-refractivity contribution is 14.0. The second kappa shape index (κ2) is 13.2. The molecule has 5 nitrogen and oxygen atoms in total. The predicted octanol–water partition coefficient (Wildman–Crippen LogP) is 3.10. The smallest absolute Gasteiger partial charge is 0.191 e. The lowest BCUT2D eigenvalue weighted by Gasteiger charge is -2.43. The molecule has 1 heterocycles. The standard InChI is InChI=1S/C18H38N4O.HI/c1-6-8-9-16(7-2)14-20-17(19-3)21-15-18(22(4)5)10-12-23-13-11-18;/h16H,6-15H2,1-5H3,(H2,19,20,21);1H. The summed E-state index contributed by atoms with van der Waals surface area (Å²) in [5.41, 5.74) is 0.169. The van der Waals surface area contributed by atoms with Gasteiger partial charge < -0.3 is 20.3 Å². The van der Waals surface area contributed by atoms with E-state index in [4.69, 9.17) is 4.74 Å². The number of nitrogens with one attached hydrogen (secondary N) is 2. The topological polar surface area (TPSA) is 48.9 Å². The molecule has 0 amide bonds. The number of halogens is 1. The summed E-state index contributed by atoms with van der Waals surface area (Å²) in [6, 6.07) is 0. The predicted molar refractivity (Wildman–Crippen MR) is 115 cm³/mol. The Morgan fingerprint density at radius 3 is 2.38 bits per heavy atom. The van der Waals surface area contributed by atoms with E-state index in [9.17, 15) is 0 Å². The molecule has 24 heavy (non-hydrogen) atoms. The van der Waals surface area contributed by atoms with E-state index >= 15 is 0 Å². The summed E-state index contributed by atoms with van der Waals surface area (Å²) in [5.74, 6) is 1.66. The molecule has 1 aliphatic rings. The van der Waals surface area contributed by atoms with Gasteiger partial charge in [-0.1, -0.05) is 33.1 Å². The summed E-state index contributed by atoms with van der Waals surface area (Å²) in [4.78, 5) is 6.73. The fourth-order valence-electron chi connectivity index (χ4n) is 3.19. The van der Waals surface area contributed by atoms with Crippen LogP contribution in [0.25, 0.3) is 0 Å². The summed E-state index contributed by atoms with van der Waals surface area (Å²) in [7, 11) is 6.19. The molecule has 0 aromatic heterocycles. The lowest BCUT2D eigenvalue weighted by Crippen LogP contribution is -2.57. The van der Waals surface area contributed by atoms with Gasteiger partial charge in [-0.05, 0) is 39.3 Å². The van der Waals surface area contributed by atoms with Crippen LogP contribution in [-0.4, -0.2) is 63.8 Å². The maximum Gasteiger partial charge on any atom is 0.191 e. The molecule has 6 heteroatoms. The van der Waals surface area contributed by atoms with Gasteiger partial charge in [0.2, 0.25) is 0 Å². The Kier molecular flexibility index (Phi) is 13.1. The van der Waals surface area contributed by atoms with Crippen molar-refractivity contribution in [2.75, 3.05) is 47.4 Å². The highest BCUT2D eigenvalue weighted by Crippen LogP contribution is 2.25. The molecule has 1 unspecified atom stereocenters. The van der Waals surface area contributed by atoms with Gasteiger partial charge >= 0.3 is 0 Å². The minimum Gasteiger partial charge on any atom is -0.381 e. The minimum atomic E-state index is 0. The van der Waals surface area contributed by atoms with Gasteiger partial charge in [-0.25, -0.2) is 0 Å². The number of aliphatic imine (C=N–C) groups is 1. The van der Waals surface area contributed by atoms with Gasteiger partial charge in [-0.3, -0.25) is 4.99 Å². The van der Waals surface area contributed by atoms with Gasteiger partial charge in [0, 0.05) is 38.9 Å². The number of unbranched alkanes of at least 4 members (excludes halogenated alkanes) is 1. The number of ether oxygens (including phenoxy) is 1. The van der Waals surface area contributed by atoms with E-state index in [0.717, 1.165) is 51.0 Å². The highest BCUT2D eigenvalue weighted by Gasteiger charge is 2.34. The van der Waals surface area contributed by atoms with Gasteiger partial charge in [0.1, 0.15) is 0 Å². The highest BCUT2D eigenvalue weighted by atomic mass is 127. The second-order valence-corrected chi connectivity index (χ2v) is 6.95. The van der Waals surface area contributed by atoms with E-state index in [1.807, 2.05) is 7.05 Å². The van der Waals surface area contributed by atoms with Crippen molar-refractivity contribution < 1.29 is 4.74 Å². The summed E-state index contributed by atoms with van der Waals surface area (Å²) >= 11 is 0. The quantitative estimate of drug-likeness (QED) is 0.320. The first-order chi connectivity index (χ1) is 11.1. The molecule has 144 valence electrons. The molecule has 1 aliphatic heterocycles. The van der Waals surface area contributed by atoms with Crippen molar-refractivity contribution in [2.24, 2.45) is 10.9 Å². The van der Waals surface area contributed by atoms with E-state index in [-0.39, 0.29) is 29.5 Å². The fraction of sp³-hybridized carbons (Fsp3) is 0.944. The van der Waals surface area contributed by atoms with Crippen LogP contribution in [0.1, 0.15) is 52.4 Å².